The maximum Gasteiger partial charge on any atom is 0.425 e. The number of benzene rings is 2. The average molecular weight is 712 g/mol. The molecule has 1 fully saturated rings. The molecule has 2 aromatic carbocycles. The smallest absolute Gasteiger partial charge is 0.425 e. The normalized spacial score (nSPS) is 15.3. The molecule has 0 aliphatic carbocycles. The minimum atomic E-state index is -4.63. The number of hydrogen-bond donors (Lipinski definition) is 2. The Balaban J connectivity index is 1.40. The van der Waals surface area contributed by atoms with Crippen LogP contribution in [0.2, 0.25) is 0 Å². The van der Waals surface area contributed by atoms with Gasteiger partial charge in [0, 0.05) is 55.1 Å². The van der Waals surface area contributed by atoms with Gasteiger partial charge in [-0.3, -0.25) is 19.5 Å². The number of nitrogens with one attached hydrogen (secondary N) is 1. The summed E-state index contributed by atoms with van der Waals surface area (Å²) in [5.41, 5.74) is 1.54. The molecular weight excluding hydrogens is 676 g/mol. The van der Waals surface area contributed by atoms with Gasteiger partial charge in [-0.2, -0.15) is 13.2 Å². The van der Waals surface area contributed by atoms with Gasteiger partial charge < -0.3 is 19.7 Å². The van der Waals surface area contributed by atoms with Crippen LogP contribution in [0.1, 0.15) is 38.8 Å². The number of hydrogen-bond acceptors (Lipinski definition) is 9. The molecular formula is C35H35F4N6O6+. The van der Waals surface area contributed by atoms with Gasteiger partial charge in [0.15, 0.2) is 12.0 Å². The molecule has 2 atom stereocenters. The number of aldehydes is 1. The second-order valence-electron chi connectivity index (χ2n) is 11.7. The summed E-state index contributed by atoms with van der Waals surface area (Å²) >= 11 is 0. The summed E-state index contributed by atoms with van der Waals surface area (Å²) < 4.78 is 66.8. The number of amides is 3. The number of aromatic nitrogens is 2. The second-order valence-corrected chi connectivity index (χ2v) is 11.7. The highest BCUT2D eigenvalue weighted by Crippen LogP contribution is 2.33. The minimum Gasteiger partial charge on any atom is -0.464 e. The molecule has 1 aliphatic rings. The fraction of sp³-hybridized carbons (Fsp3) is 0.314. The summed E-state index contributed by atoms with van der Waals surface area (Å²) in [7, 11) is 1.50. The first-order chi connectivity index (χ1) is 24.3. The van der Waals surface area contributed by atoms with Crippen LogP contribution in [0.3, 0.4) is 0 Å². The molecule has 1 aliphatic heterocycles. The lowest BCUT2D eigenvalue weighted by atomic mass is 9.99. The highest BCUT2D eigenvalue weighted by atomic mass is 19.4. The Bertz CT molecular complexity index is 1930. The van der Waals surface area contributed by atoms with Gasteiger partial charge in [-0.1, -0.05) is 12.1 Å². The van der Waals surface area contributed by atoms with Gasteiger partial charge in [0.05, 0.1) is 37.3 Å². The number of fused-ring (bicyclic) bond motifs is 1. The number of nitrogens with zero attached hydrogens (tertiary/aromatic N) is 4. The van der Waals surface area contributed by atoms with E-state index in [9.17, 15) is 32.3 Å². The van der Waals surface area contributed by atoms with Crippen LogP contribution >= 0.6 is 0 Å². The molecule has 3 N–H and O–H groups in total. The van der Waals surface area contributed by atoms with Crippen LogP contribution in [0, 0.1) is 12.7 Å². The first-order valence-electron chi connectivity index (χ1n) is 15.9. The standard InChI is InChI=1S/C35H34F4N6O6/c1-4-51-33(48)27(42-32(47)30-20(2)14-23(16-25(30)36)45-12-13-50-19-29(45)35(37,38)39)15-21-7-8-26(31-24(21)6-5-10-41-31)43-34(49)44(3)28-17-40-11-9-22(28)18-46/h5-11,14,16-18,27,29H,4,12-13,15,19H2,1-3H3,(H,42,47)(H,43,49)/p+1. The molecule has 16 heteroatoms. The van der Waals surface area contributed by atoms with Gasteiger partial charge in [0.1, 0.15) is 23.4 Å². The first-order valence-corrected chi connectivity index (χ1v) is 15.9. The quantitative estimate of drug-likeness (QED) is 0.108. The average Bonchev–Trinajstić information content (AvgIpc) is 3.11. The van der Waals surface area contributed by atoms with E-state index in [2.05, 4.69) is 15.3 Å². The van der Waals surface area contributed by atoms with Crippen LogP contribution in [0.15, 0.2) is 61.1 Å². The van der Waals surface area contributed by atoms with E-state index < -0.39 is 54.2 Å². The van der Waals surface area contributed by atoms with E-state index in [0.717, 1.165) is 11.0 Å². The number of alkyl halides is 3. The summed E-state index contributed by atoms with van der Waals surface area (Å²) in [6.45, 7) is 2.24. The third-order valence-electron chi connectivity index (χ3n) is 8.46. The molecule has 4 aromatic rings. The number of quaternary nitrogens is 1. The van der Waals surface area contributed by atoms with Crippen LogP contribution in [-0.2, 0) is 20.7 Å². The molecule has 0 spiro atoms. The largest absolute Gasteiger partial charge is 0.464 e. The molecule has 1 saturated heterocycles. The van der Waals surface area contributed by atoms with Crippen molar-refractivity contribution in [3.8, 4) is 0 Å². The van der Waals surface area contributed by atoms with E-state index in [4.69, 9.17) is 9.47 Å². The number of aryl methyl sites for hydroxylation is 1. The molecule has 0 saturated carbocycles. The molecule has 2 aromatic heterocycles. The van der Waals surface area contributed by atoms with Crippen molar-refractivity contribution in [1.29, 1.82) is 0 Å². The summed E-state index contributed by atoms with van der Waals surface area (Å²) in [5, 5.41) is 4.44. The van der Waals surface area contributed by atoms with Crippen molar-refractivity contribution in [3.05, 3.63) is 89.1 Å². The van der Waals surface area contributed by atoms with Crippen molar-refractivity contribution in [2.24, 2.45) is 0 Å². The fourth-order valence-corrected chi connectivity index (χ4v) is 5.92. The van der Waals surface area contributed by atoms with Crippen LogP contribution in [-0.4, -0.2) is 85.8 Å². The topological polar surface area (TPSA) is 148 Å². The number of esters is 1. The Morgan fingerprint density at radius 1 is 1.20 bits per heavy atom. The number of ether oxygens (including phenoxy) is 2. The van der Waals surface area contributed by atoms with Gasteiger partial charge in [-0.25, -0.2) is 24.3 Å². The number of morpholine rings is 1. The maximum absolute atomic E-state index is 15.6. The summed E-state index contributed by atoms with van der Waals surface area (Å²) in [4.78, 5) is 62.1. The van der Waals surface area contributed by atoms with E-state index in [0.29, 0.717) is 34.1 Å². The SMILES string of the molecule is CCOC(=O)C(Cc1ccc([NH2+]C(=O)N(C)c2cnccc2C=O)c2ncccc12)NC(=O)c1c(C)cc(N2CCOCC2C(F)(F)F)cc1F. The van der Waals surface area contributed by atoms with Gasteiger partial charge in [-0.05, 0) is 49.2 Å². The van der Waals surface area contributed by atoms with Crippen molar-refractivity contribution >= 4 is 52.2 Å². The third-order valence-corrected chi connectivity index (χ3v) is 8.46. The molecule has 3 amide bonds. The van der Waals surface area contributed by atoms with E-state index >= 15 is 4.39 Å². The van der Waals surface area contributed by atoms with Gasteiger partial charge in [-0.15, -0.1) is 0 Å². The molecule has 268 valence electrons. The Morgan fingerprint density at radius 2 is 1.98 bits per heavy atom. The number of pyridine rings is 2. The lowest BCUT2D eigenvalue weighted by Crippen LogP contribution is -2.85. The Hall–Kier alpha value is -5.48. The monoisotopic (exact) mass is 711 g/mol. The molecule has 12 nitrogen and oxygen atoms in total. The zero-order chi connectivity index (χ0) is 36.9. The summed E-state index contributed by atoms with van der Waals surface area (Å²) in [6.07, 6.45) is 0.238. The predicted octanol–water partition coefficient (Wildman–Crippen LogP) is 4.01. The van der Waals surface area contributed by atoms with Gasteiger partial charge >= 0.3 is 18.2 Å². The number of primary amides is 1. The maximum atomic E-state index is 15.6. The lowest BCUT2D eigenvalue weighted by molar-refractivity contribution is -0.460. The van der Waals surface area contributed by atoms with Gasteiger partial charge in [0.25, 0.3) is 5.91 Å². The van der Waals surface area contributed by atoms with Crippen LogP contribution < -0.4 is 20.4 Å². The molecule has 5 rings (SSSR count). The van der Waals surface area contributed by atoms with E-state index in [-0.39, 0.29) is 43.0 Å². The van der Waals surface area contributed by atoms with Crippen molar-refractivity contribution < 1.29 is 51.5 Å². The predicted molar refractivity (Wildman–Crippen MR) is 177 cm³/mol. The number of anilines is 2. The number of carbonyl (C=O) groups is 4. The van der Waals surface area contributed by atoms with E-state index in [1.807, 2.05) is 0 Å². The molecule has 0 radical (unpaired) electrons. The third kappa shape index (κ3) is 8.13. The zero-order valence-corrected chi connectivity index (χ0v) is 27.9. The second kappa shape index (κ2) is 15.6. The number of rotatable bonds is 10. The molecule has 2 unspecified atom stereocenters. The van der Waals surface area contributed by atoms with Crippen molar-refractivity contribution in [1.82, 2.24) is 15.3 Å². The highest BCUT2D eigenvalue weighted by molar-refractivity contribution is 5.99. The number of nitrogens with two attached hydrogens (primary N) is 1. The van der Waals surface area contributed by atoms with Crippen LogP contribution in [0.5, 0.6) is 0 Å². The molecule has 51 heavy (non-hydrogen) atoms. The Kier molecular flexibility index (Phi) is 11.3. The van der Waals surface area contributed by atoms with Crippen LogP contribution in [0.4, 0.5) is 39.4 Å². The zero-order valence-electron chi connectivity index (χ0n) is 27.9. The van der Waals surface area contributed by atoms with Gasteiger partial charge in [0.2, 0.25) is 0 Å². The summed E-state index contributed by atoms with van der Waals surface area (Å²) in [6, 6.07) is 6.55. The van der Waals surface area contributed by atoms with Crippen molar-refractivity contribution in [2.45, 2.75) is 38.5 Å². The Morgan fingerprint density at radius 3 is 2.69 bits per heavy atom. The van der Waals surface area contributed by atoms with Crippen molar-refractivity contribution in [3.63, 3.8) is 0 Å². The highest BCUT2D eigenvalue weighted by Gasteiger charge is 2.45. The number of carbonyl (C=O) groups excluding carboxylic acids is 4. The number of urea groups is 1. The first kappa shape index (κ1) is 36.8. The number of halogens is 4. The molecule has 0 bridgehead atoms. The van der Waals surface area contributed by atoms with Crippen LogP contribution in [0.25, 0.3) is 10.9 Å². The minimum absolute atomic E-state index is 0.0121. The van der Waals surface area contributed by atoms with E-state index in [1.54, 1.807) is 31.2 Å². The lowest BCUT2D eigenvalue weighted by Gasteiger charge is -2.38. The Labute approximate surface area is 289 Å². The van der Waals surface area contributed by atoms with E-state index in [1.165, 1.54) is 54.9 Å². The van der Waals surface area contributed by atoms with Crippen molar-refractivity contribution in [2.75, 3.05) is 43.2 Å². The molecule has 3 heterocycles. The fourth-order valence-electron chi connectivity index (χ4n) is 5.92. The summed E-state index contributed by atoms with van der Waals surface area (Å²) in [5.74, 6) is -2.82.